The average Bonchev–Trinajstić information content (AvgIpc) is 3.14. The lowest BCUT2D eigenvalue weighted by Gasteiger charge is -2.38. The summed E-state index contributed by atoms with van der Waals surface area (Å²) in [6.45, 7) is 0.0554. The van der Waals surface area contributed by atoms with Crippen molar-refractivity contribution in [3.8, 4) is 11.3 Å². The van der Waals surface area contributed by atoms with Crippen LogP contribution < -0.4 is 15.1 Å². The van der Waals surface area contributed by atoms with Crippen molar-refractivity contribution in [2.24, 2.45) is 0 Å². The van der Waals surface area contributed by atoms with Gasteiger partial charge in [0.1, 0.15) is 12.3 Å². The standard InChI is InChI=1S/C20H19F3N4O4/c1-26-15-6-5-13(11-3-2-4-12(9-11)20(21,22)23)24-17(15)27(10-16(26)28)19(30)25-14-7-8-31-18(14)29/h2-6,9,14,16,28H,7-8,10H2,1H3,(H,25,30). The highest BCUT2D eigenvalue weighted by Crippen LogP contribution is 2.36. The molecule has 1 aromatic carbocycles. The summed E-state index contributed by atoms with van der Waals surface area (Å²) >= 11 is 0. The molecule has 2 aromatic rings. The van der Waals surface area contributed by atoms with Crippen LogP contribution in [0.3, 0.4) is 0 Å². The van der Waals surface area contributed by atoms with Crippen molar-refractivity contribution in [1.82, 2.24) is 10.3 Å². The van der Waals surface area contributed by atoms with E-state index in [9.17, 15) is 27.9 Å². The Labute approximate surface area is 175 Å². The number of esters is 1. The number of β-amino-alcohol motifs (C(OH)–C–C–N with tert-alkyl or cyclic N) is 1. The van der Waals surface area contributed by atoms with Crippen molar-refractivity contribution >= 4 is 23.5 Å². The number of amides is 2. The highest BCUT2D eigenvalue weighted by atomic mass is 19.4. The molecule has 0 bridgehead atoms. The van der Waals surface area contributed by atoms with E-state index < -0.39 is 36.0 Å². The van der Waals surface area contributed by atoms with Gasteiger partial charge in [0.25, 0.3) is 0 Å². The first-order valence-electron chi connectivity index (χ1n) is 9.49. The van der Waals surface area contributed by atoms with Gasteiger partial charge in [0.15, 0.2) is 5.82 Å². The molecule has 0 spiro atoms. The number of rotatable bonds is 2. The van der Waals surface area contributed by atoms with Crippen LogP contribution in [-0.2, 0) is 15.7 Å². The van der Waals surface area contributed by atoms with Crippen LogP contribution in [0.4, 0.5) is 29.5 Å². The van der Waals surface area contributed by atoms with Gasteiger partial charge in [0.05, 0.1) is 30.1 Å². The maximum Gasteiger partial charge on any atom is 0.416 e. The van der Waals surface area contributed by atoms with E-state index in [0.717, 1.165) is 12.1 Å². The molecule has 2 N–H and O–H groups in total. The lowest BCUT2D eigenvalue weighted by atomic mass is 10.1. The number of halogens is 3. The summed E-state index contributed by atoms with van der Waals surface area (Å²) < 4.78 is 44.1. The molecule has 0 saturated carbocycles. The van der Waals surface area contributed by atoms with Gasteiger partial charge in [-0.15, -0.1) is 0 Å². The fourth-order valence-electron chi connectivity index (χ4n) is 3.50. The highest BCUT2D eigenvalue weighted by molar-refractivity contribution is 5.98. The SMILES string of the molecule is CN1c2ccc(-c3cccc(C(F)(F)F)c3)nc2N(C(=O)NC2CCOC2=O)CC1O. The molecule has 2 amide bonds. The lowest BCUT2D eigenvalue weighted by molar-refractivity contribution is -0.139. The second-order valence-electron chi connectivity index (χ2n) is 7.28. The number of cyclic esters (lactones) is 1. The van der Waals surface area contributed by atoms with E-state index in [1.807, 2.05) is 0 Å². The third-order valence-electron chi connectivity index (χ3n) is 5.25. The summed E-state index contributed by atoms with van der Waals surface area (Å²) in [5, 5.41) is 12.9. The molecule has 2 aliphatic rings. The summed E-state index contributed by atoms with van der Waals surface area (Å²) in [5.74, 6) is -0.388. The molecule has 164 valence electrons. The molecule has 0 aliphatic carbocycles. The first kappa shape index (κ1) is 20.9. The average molecular weight is 436 g/mol. The molecule has 3 heterocycles. The van der Waals surface area contributed by atoms with Gasteiger partial charge in [0.2, 0.25) is 0 Å². The summed E-state index contributed by atoms with van der Waals surface area (Å²) in [7, 11) is 1.61. The number of aliphatic hydroxyl groups is 1. The van der Waals surface area contributed by atoms with Gasteiger partial charge in [-0.3, -0.25) is 4.90 Å². The molecule has 1 saturated heterocycles. The predicted molar refractivity (Wildman–Crippen MR) is 104 cm³/mol. The van der Waals surface area contributed by atoms with E-state index in [-0.39, 0.29) is 30.2 Å². The molecule has 1 aromatic heterocycles. The Balaban J connectivity index is 1.70. The van der Waals surface area contributed by atoms with Crippen LogP contribution in [0.15, 0.2) is 36.4 Å². The van der Waals surface area contributed by atoms with Gasteiger partial charge in [-0.1, -0.05) is 12.1 Å². The molecule has 11 heteroatoms. The molecule has 1 fully saturated rings. The number of ether oxygens (including phenoxy) is 1. The van der Waals surface area contributed by atoms with Crippen LogP contribution in [0.2, 0.25) is 0 Å². The van der Waals surface area contributed by atoms with Crippen LogP contribution in [0.5, 0.6) is 0 Å². The number of urea groups is 1. The molecule has 0 radical (unpaired) electrons. The zero-order chi connectivity index (χ0) is 22.3. The Hall–Kier alpha value is -3.34. The third-order valence-corrected chi connectivity index (χ3v) is 5.25. The summed E-state index contributed by atoms with van der Waals surface area (Å²) in [6, 6.07) is 6.35. The zero-order valence-electron chi connectivity index (χ0n) is 16.4. The molecule has 31 heavy (non-hydrogen) atoms. The van der Waals surface area contributed by atoms with E-state index in [1.165, 1.54) is 28.0 Å². The minimum Gasteiger partial charge on any atom is -0.464 e. The van der Waals surface area contributed by atoms with Crippen molar-refractivity contribution in [3.63, 3.8) is 0 Å². The number of hydrogen-bond acceptors (Lipinski definition) is 6. The fraction of sp³-hybridized carbons (Fsp3) is 0.350. The normalized spacial score (nSPS) is 21.0. The van der Waals surface area contributed by atoms with E-state index >= 15 is 0 Å². The molecule has 2 unspecified atom stereocenters. The first-order chi connectivity index (χ1) is 14.6. The summed E-state index contributed by atoms with van der Waals surface area (Å²) in [4.78, 5) is 31.6. The molecule has 4 rings (SSSR count). The van der Waals surface area contributed by atoms with Crippen LogP contribution in [0.25, 0.3) is 11.3 Å². The highest BCUT2D eigenvalue weighted by Gasteiger charge is 2.36. The van der Waals surface area contributed by atoms with Gasteiger partial charge in [-0.2, -0.15) is 13.2 Å². The van der Waals surface area contributed by atoms with E-state index in [1.54, 1.807) is 13.1 Å². The molecular formula is C20H19F3N4O4. The number of pyridine rings is 1. The van der Waals surface area contributed by atoms with Crippen LogP contribution in [-0.4, -0.2) is 54.6 Å². The number of carbonyl (C=O) groups is 2. The Morgan fingerprint density at radius 2 is 2.06 bits per heavy atom. The largest absolute Gasteiger partial charge is 0.464 e. The monoisotopic (exact) mass is 436 g/mol. The number of aromatic nitrogens is 1. The Morgan fingerprint density at radius 1 is 1.29 bits per heavy atom. The smallest absolute Gasteiger partial charge is 0.416 e. The number of carbonyl (C=O) groups excluding carboxylic acids is 2. The number of nitrogens with one attached hydrogen (secondary N) is 1. The van der Waals surface area contributed by atoms with Crippen molar-refractivity contribution in [2.75, 3.05) is 30.0 Å². The lowest BCUT2D eigenvalue weighted by Crippen LogP contribution is -2.54. The van der Waals surface area contributed by atoms with E-state index in [0.29, 0.717) is 12.1 Å². The van der Waals surface area contributed by atoms with Crippen LogP contribution in [0, 0.1) is 0 Å². The fourth-order valence-corrected chi connectivity index (χ4v) is 3.50. The van der Waals surface area contributed by atoms with Gasteiger partial charge >= 0.3 is 18.2 Å². The third kappa shape index (κ3) is 4.00. The second kappa shape index (κ2) is 7.73. The number of alkyl halides is 3. The Bertz CT molecular complexity index is 1030. The number of nitrogens with zero attached hydrogens (tertiary/aromatic N) is 3. The number of hydrogen-bond donors (Lipinski definition) is 2. The number of anilines is 2. The van der Waals surface area contributed by atoms with E-state index in [4.69, 9.17) is 4.74 Å². The number of likely N-dealkylation sites (N-methyl/N-ethyl adjacent to an activating group) is 1. The zero-order valence-corrected chi connectivity index (χ0v) is 16.4. The minimum atomic E-state index is -4.50. The predicted octanol–water partition coefficient (Wildman–Crippen LogP) is 2.37. The maximum absolute atomic E-state index is 13.1. The molecule has 2 aliphatic heterocycles. The second-order valence-corrected chi connectivity index (χ2v) is 7.28. The minimum absolute atomic E-state index is 0.143. The van der Waals surface area contributed by atoms with Gasteiger partial charge in [-0.05, 0) is 24.3 Å². The van der Waals surface area contributed by atoms with Crippen molar-refractivity contribution < 1.29 is 32.6 Å². The maximum atomic E-state index is 13.1. The van der Waals surface area contributed by atoms with Crippen LogP contribution >= 0.6 is 0 Å². The topological polar surface area (TPSA) is 95.0 Å². The molecular weight excluding hydrogens is 417 g/mol. The Kier molecular flexibility index (Phi) is 5.21. The van der Waals surface area contributed by atoms with Gasteiger partial charge in [0, 0.05) is 19.0 Å². The number of fused-ring (bicyclic) bond motifs is 1. The molecule has 8 nitrogen and oxygen atoms in total. The first-order valence-corrected chi connectivity index (χ1v) is 9.49. The van der Waals surface area contributed by atoms with Crippen molar-refractivity contribution in [3.05, 3.63) is 42.0 Å². The molecule has 2 atom stereocenters. The quantitative estimate of drug-likeness (QED) is 0.702. The van der Waals surface area contributed by atoms with Gasteiger partial charge in [-0.25, -0.2) is 14.6 Å². The Morgan fingerprint density at radius 3 is 2.74 bits per heavy atom. The van der Waals surface area contributed by atoms with Crippen molar-refractivity contribution in [1.29, 1.82) is 0 Å². The summed E-state index contributed by atoms with van der Waals surface area (Å²) in [6.07, 6.45) is -5.21. The van der Waals surface area contributed by atoms with Crippen molar-refractivity contribution in [2.45, 2.75) is 24.9 Å². The van der Waals surface area contributed by atoms with Gasteiger partial charge < -0.3 is 20.1 Å². The number of aliphatic hydroxyl groups excluding tert-OH is 1. The van der Waals surface area contributed by atoms with E-state index in [2.05, 4.69) is 10.3 Å². The number of benzene rings is 1. The summed E-state index contributed by atoms with van der Waals surface area (Å²) in [5.41, 5.74) is 0.0591. The van der Waals surface area contributed by atoms with Crippen LogP contribution in [0.1, 0.15) is 12.0 Å².